The van der Waals surface area contributed by atoms with Crippen molar-refractivity contribution in [1.82, 2.24) is 4.90 Å². The third-order valence-corrected chi connectivity index (χ3v) is 4.14. The number of carbonyl (C=O) groups is 1. The number of carboxylic acid groups (broad SMARTS) is 1. The van der Waals surface area contributed by atoms with Crippen molar-refractivity contribution in [2.24, 2.45) is 0 Å². The number of nitro benzene ring substituents is 1. The molecule has 1 aliphatic rings. The number of carboxylic acids is 1. The summed E-state index contributed by atoms with van der Waals surface area (Å²) in [6, 6.07) is 5.58. The first kappa shape index (κ1) is 16.2. The fourth-order valence-electron chi connectivity index (χ4n) is 2.86. The second kappa shape index (κ2) is 6.74. The van der Waals surface area contributed by atoms with E-state index in [9.17, 15) is 14.9 Å². The fraction of sp³-hybridized carbons (Fsp3) is 0.533. The van der Waals surface area contributed by atoms with E-state index < -0.39 is 5.97 Å². The van der Waals surface area contributed by atoms with Crippen LogP contribution in [0.4, 0.5) is 11.4 Å². The zero-order valence-electron chi connectivity index (χ0n) is 12.8. The van der Waals surface area contributed by atoms with Gasteiger partial charge in [0.05, 0.1) is 11.5 Å². The van der Waals surface area contributed by atoms with Crippen LogP contribution >= 0.6 is 0 Å². The Morgan fingerprint density at radius 1 is 1.50 bits per heavy atom. The average molecular weight is 307 g/mol. The minimum atomic E-state index is -0.802. The van der Waals surface area contributed by atoms with Crippen molar-refractivity contribution in [3.63, 3.8) is 0 Å². The van der Waals surface area contributed by atoms with Crippen molar-refractivity contribution in [2.45, 2.75) is 38.8 Å². The highest BCUT2D eigenvalue weighted by molar-refractivity contribution is 5.69. The van der Waals surface area contributed by atoms with Crippen molar-refractivity contribution in [3.8, 4) is 0 Å². The normalized spacial score (nSPS) is 20.5. The van der Waals surface area contributed by atoms with Gasteiger partial charge < -0.3 is 10.4 Å². The zero-order valence-corrected chi connectivity index (χ0v) is 12.8. The van der Waals surface area contributed by atoms with Gasteiger partial charge in [0.1, 0.15) is 0 Å². The van der Waals surface area contributed by atoms with Gasteiger partial charge in [-0.15, -0.1) is 0 Å². The maximum Gasteiger partial charge on any atom is 0.317 e. The quantitative estimate of drug-likeness (QED) is 0.592. The van der Waals surface area contributed by atoms with E-state index in [-0.39, 0.29) is 29.2 Å². The second-order valence-electron chi connectivity index (χ2n) is 5.68. The standard InChI is InChI=1S/C15H21N3O4/c1-3-17(9-15(19)20)13-7-12(8-13)16-11-4-5-14(18(21)22)10(2)6-11/h4-6,12-13,16H,3,7-9H2,1-2H3,(H,19,20). The molecule has 0 aliphatic heterocycles. The first-order valence-electron chi connectivity index (χ1n) is 7.38. The molecule has 120 valence electrons. The third kappa shape index (κ3) is 3.73. The van der Waals surface area contributed by atoms with Gasteiger partial charge in [0.25, 0.3) is 5.69 Å². The van der Waals surface area contributed by atoms with E-state index in [1.54, 1.807) is 19.1 Å². The number of likely N-dealkylation sites (N-methyl/N-ethyl adjacent to an activating group) is 1. The molecule has 0 spiro atoms. The van der Waals surface area contributed by atoms with Gasteiger partial charge in [-0.1, -0.05) is 6.92 Å². The molecular weight excluding hydrogens is 286 g/mol. The first-order valence-corrected chi connectivity index (χ1v) is 7.38. The van der Waals surface area contributed by atoms with Gasteiger partial charge in [-0.25, -0.2) is 0 Å². The fourth-order valence-corrected chi connectivity index (χ4v) is 2.86. The molecule has 1 fully saturated rings. The third-order valence-electron chi connectivity index (χ3n) is 4.14. The van der Waals surface area contributed by atoms with Crippen LogP contribution < -0.4 is 5.32 Å². The molecule has 0 amide bonds. The van der Waals surface area contributed by atoms with Crippen LogP contribution in [0.25, 0.3) is 0 Å². The molecule has 1 aliphatic carbocycles. The maximum absolute atomic E-state index is 10.8. The van der Waals surface area contributed by atoms with Gasteiger partial charge in [-0.2, -0.15) is 0 Å². The Labute approximate surface area is 129 Å². The smallest absolute Gasteiger partial charge is 0.317 e. The number of hydrogen-bond acceptors (Lipinski definition) is 5. The number of nitrogens with zero attached hydrogens (tertiary/aromatic N) is 2. The number of anilines is 1. The van der Waals surface area contributed by atoms with Crippen LogP contribution in [0.2, 0.25) is 0 Å². The number of hydrogen-bond donors (Lipinski definition) is 2. The van der Waals surface area contributed by atoms with Gasteiger partial charge in [-0.3, -0.25) is 19.8 Å². The van der Waals surface area contributed by atoms with E-state index in [1.807, 2.05) is 11.8 Å². The lowest BCUT2D eigenvalue weighted by molar-refractivity contribution is -0.385. The number of aryl methyl sites for hydroxylation is 1. The number of nitro groups is 1. The van der Waals surface area contributed by atoms with Crippen molar-refractivity contribution in [1.29, 1.82) is 0 Å². The van der Waals surface area contributed by atoms with E-state index in [4.69, 9.17) is 5.11 Å². The van der Waals surface area contributed by atoms with Crippen molar-refractivity contribution in [2.75, 3.05) is 18.4 Å². The number of rotatable bonds is 7. The molecule has 0 heterocycles. The largest absolute Gasteiger partial charge is 0.480 e. The molecule has 0 unspecified atom stereocenters. The predicted molar refractivity (Wildman–Crippen MR) is 83.1 cm³/mol. The van der Waals surface area contributed by atoms with Crippen LogP contribution in [0.15, 0.2) is 18.2 Å². The highest BCUT2D eigenvalue weighted by atomic mass is 16.6. The lowest BCUT2D eigenvalue weighted by Crippen LogP contribution is -2.51. The molecule has 22 heavy (non-hydrogen) atoms. The highest BCUT2D eigenvalue weighted by Crippen LogP contribution is 2.30. The Morgan fingerprint density at radius 3 is 2.68 bits per heavy atom. The zero-order chi connectivity index (χ0) is 16.3. The summed E-state index contributed by atoms with van der Waals surface area (Å²) in [5, 5.41) is 23.0. The molecule has 0 aromatic heterocycles. The summed E-state index contributed by atoms with van der Waals surface area (Å²) < 4.78 is 0. The topological polar surface area (TPSA) is 95.7 Å². The van der Waals surface area contributed by atoms with E-state index in [2.05, 4.69) is 5.32 Å². The minimum absolute atomic E-state index is 0.0739. The van der Waals surface area contributed by atoms with E-state index in [1.165, 1.54) is 6.07 Å². The van der Waals surface area contributed by atoms with Crippen molar-refractivity contribution in [3.05, 3.63) is 33.9 Å². The lowest BCUT2D eigenvalue weighted by Gasteiger charge is -2.42. The summed E-state index contributed by atoms with van der Waals surface area (Å²) >= 11 is 0. The molecule has 1 saturated carbocycles. The predicted octanol–water partition coefficient (Wildman–Crippen LogP) is 2.25. The van der Waals surface area contributed by atoms with Crippen molar-refractivity contribution >= 4 is 17.3 Å². The number of aliphatic carboxylic acids is 1. The van der Waals surface area contributed by atoms with Crippen molar-refractivity contribution < 1.29 is 14.8 Å². The molecule has 1 aromatic carbocycles. The van der Waals surface area contributed by atoms with E-state index in [0.29, 0.717) is 5.56 Å². The highest BCUT2D eigenvalue weighted by Gasteiger charge is 2.33. The van der Waals surface area contributed by atoms with Crippen LogP contribution in [0, 0.1) is 17.0 Å². The number of benzene rings is 1. The summed E-state index contributed by atoms with van der Waals surface area (Å²) in [6.45, 7) is 4.48. The molecule has 0 radical (unpaired) electrons. The maximum atomic E-state index is 10.8. The summed E-state index contributed by atoms with van der Waals surface area (Å²) in [5.74, 6) is -0.802. The van der Waals surface area contributed by atoms with Gasteiger partial charge in [0.2, 0.25) is 0 Å². The SMILES string of the molecule is CCN(CC(=O)O)C1CC(Nc2ccc([N+](=O)[O-])c(C)c2)C1. The Morgan fingerprint density at radius 2 is 2.18 bits per heavy atom. The Balaban J connectivity index is 1.88. The summed E-state index contributed by atoms with van der Waals surface area (Å²) in [4.78, 5) is 23.2. The van der Waals surface area contributed by atoms with Crippen LogP contribution in [0.3, 0.4) is 0 Å². The van der Waals surface area contributed by atoms with Gasteiger partial charge in [0.15, 0.2) is 0 Å². The average Bonchev–Trinajstić information content (AvgIpc) is 2.39. The Hall–Kier alpha value is -2.15. The van der Waals surface area contributed by atoms with Crippen LogP contribution in [-0.2, 0) is 4.79 Å². The van der Waals surface area contributed by atoms with Gasteiger partial charge >= 0.3 is 5.97 Å². The molecule has 7 heteroatoms. The summed E-state index contributed by atoms with van der Waals surface area (Å²) in [6.07, 6.45) is 1.77. The van der Waals surface area contributed by atoms with Crippen LogP contribution in [-0.4, -0.2) is 46.1 Å². The molecule has 1 aromatic rings. The molecule has 0 atom stereocenters. The minimum Gasteiger partial charge on any atom is -0.480 e. The molecule has 7 nitrogen and oxygen atoms in total. The second-order valence-corrected chi connectivity index (χ2v) is 5.68. The molecule has 0 bridgehead atoms. The monoisotopic (exact) mass is 307 g/mol. The van der Waals surface area contributed by atoms with Crippen LogP contribution in [0.1, 0.15) is 25.3 Å². The molecular formula is C15H21N3O4. The Kier molecular flexibility index (Phi) is 4.97. The molecule has 2 rings (SSSR count). The number of nitrogens with one attached hydrogen (secondary N) is 1. The van der Waals surface area contributed by atoms with E-state index >= 15 is 0 Å². The summed E-state index contributed by atoms with van der Waals surface area (Å²) in [5.41, 5.74) is 1.62. The van der Waals surface area contributed by atoms with E-state index in [0.717, 1.165) is 25.1 Å². The molecule has 2 N–H and O–H groups in total. The lowest BCUT2D eigenvalue weighted by atomic mass is 9.85. The first-order chi connectivity index (χ1) is 10.4. The van der Waals surface area contributed by atoms with Gasteiger partial charge in [0, 0.05) is 29.4 Å². The van der Waals surface area contributed by atoms with Gasteiger partial charge in [-0.05, 0) is 38.4 Å². The Bertz CT molecular complexity index is 570. The summed E-state index contributed by atoms with van der Waals surface area (Å²) in [7, 11) is 0. The van der Waals surface area contributed by atoms with Crippen LogP contribution in [0.5, 0.6) is 0 Å². The molecule has 0 saturated heterocycles.